The number of nitrogens with one attached hydrogen (secondary N) is 1. The molecule has 3 heteroatoms. The molecule has 19 heavy (non-hydrogen) atoms. The molecule has 1 atom stereocenters. The summed E-state index contributed by atoms with van der Waals surface area (Å²) in [5.41, 5.74) is 8.39. The zero-order valence-electron chi connectivity index (χ0n) is 11.0. The topological polar surface area (TPSA) is 55.1 Å². The van der Waals surface area contributed by atoms with Crippen molar-refractivity contribution >= 4 is 11.6 Å². The molecular formula is C16H18N2O. The van der Waals surface area contributed by atoms with Gasteiger partial charge in [0.2, 0.25) is 5.91 Å². The molecule has 0 saturated heterocycles. The van der Waals surface area contributed by atoms with Crippen molar-refractivity contribution < 1.29 is 4.79 Å². The Morgan fingerprint density at radius 1 is 1.11 bits per heavy atom. The standard InChI is InChI=1S/C16H18N2O/c1-12(14-5-3-2-4-6-14)18-16(19)11-13-7-9-15(17)10-8-13/h2-10,12H,11,17H2,1H3,(H,18,19)/t12-/m0/s1. The zero-order chi connectivity index (χ0) is 13.7. The monoisotopic (exact) mass is 254 g/mol. The molecule has 0 bridgehead atoms. The Morgan fingerprint density at radius 3 is 2.37 bits per heavy atom. The summed E-state index contributed by atoms with van der Waals surface area (Å²) < 4.78 is 0. The highest BCUT2D eigenvalue weighted by Gasteiger charge is 2.09. The number of carbonyl (C=O) groups is 1. The quantitative estimate of drug-likeness (QED) is 0.824. The van der Waals surface area contributed by atoms with E-state index in [2.05, 4.69) is 5.32 Å². The molecule has 0 unspecified atom stereocenters. The largest absolute Gasteiger partial charge is 0.399 e. The van der Waals surface area contributed by atoms with E-state index < -0.39 is 0 Å². The van der Waals surface area contributed by atoms with Gasteiger partial charge in [-0.25, -0.2) is 0 Å². The van der Waals surface area contributed by atoms with Crippen molar-refractivity contribution in [2.75, 3.05) is 5.73 Å². The summed E-state index contributed by atoms with van der Waals surface area (Å²) in [5, 5.41) is 2.99. The third kappa shape index (κ3) is 3.85. The zero-order valence-corrected chi connectivity index (χ0v) is 11.0. The molecule has 3 nitrogen and oxygen atoms in total. The van der Waals surface area contributed by atoms with Gasteiger partial charge in [0, 0.05) is 5.69 Å². The Labute approximate surface area is 113 Å². The fourth-order valence-corrected chi connectivity index (χ4v) is 1.94. The molecule has 98 valence electrons. The number of amides is 1. The summed E-state index contributed by atoms with van der Waals surface area (Å²) in [6.45, 7) is 1.98. The Kier molecular flexibility index (Phi) is 4.18. The molecule has 1 amide bonds. The summed E-state index contributed by atoms with van der Waals surface area (Å²) >= 11 is 0. The number of carbonyl (C=O) groups excluding carboxylic acids is 1. The van der Waals surface area contributed by atoms with Crippen LogP contribution in [-0.2, 0) is 11.2 Å². The van der Waals surface area contributed by atoms with Crippen LogP contribution < -0.4 is 11.1 Å². The second-order valence-electron chi connectivity index (χ2n) is 4.62. The van der Waals surface area contributed by atoms with E-state index >= 15 is 0 Å². The minimum absolute atomic E-state index is 0.0149. The molecule has 0 aliphatic heterocycles. The lowest BCUT2D eigenvalue weighted by atomic mass is 10.1. The van der Waals surface area contributed by atoms with Gasteiger partial charge in [-0.3, -0.25) is 4.79 Å². The number of nitrogens with two attached hydrogens (primary N) is 1. The van der Waals surface area contributed by atoms with Gasteiger partial charge in [0.1, 0.15) is 0 Å². The van der Waals surface area contributed by atoms with Gasteiger partial charge in [-0.2, -0.15) is 0 Å². The highest BCUT2D eigenvalue weighted by molar-refractivity contribution is 5.79. The third-order valence-corrected chi connectivity index (χ3v) is 3.02. The number of rotatable bonds is 4. The van der Waals surface area contributed by atoms with Gasteiger partial charge >= 0.3 is 0 Å². The maximum Gasteiger partial charge on any atom is 0.224 e. The van der Waals surface area contributed by atoms with Gasteiger partial charge in [-0.15, -0.1) is 0 Å². The van der Waals surface area contributed by atoms with E-state index in [4.69, 9.17) is 5.73 Å². The number of nitrogen functional groups attached to an aromatic ring is 1. The molecule has 0 spiro atoms. The summed E-state index contributed by atoms with van der Waals surface area (Å²) in [4.78, 5) is 11.9. The van der Waals surface area contributed by atoms with E-state index in [-0.39, 0.29) is 11.9 Å². The molecular weight excluding hydrogens is 236 g/mol. The first-order valence-electron chi connectivity index (χ1n) is 6.34. The van der Waals surface area contributed by atoms with Crippen LogP contribution in [0.1, 0.15) is 24.1 Å². The average Bonchev–Trinajstić information content (AvgIpc) is 2.42. The molecule has 0 fully saturated rings. The van der Waals surface area contributed by atoms with Gasteiger partial charge < -0.3 is 11.1 Å². The normalized spacial score (nSPS) is 11.8. The van der Waals surface area contributed by atoms with Crippen molar-refractivity contribution in [1.29, 1.82) is 0 Å². The fraction of sp³-hybridized carbons (Fsp3) is 0.188. The van der Waals surface area contributed by atoms with Gasteiger partial charge in [0.25, 0.3) is 0 Å². The van der Waals surface area contributed by atoms with E-state index in [1.807, 2.05) is 61.5 Å². The maximum absolute atomic E-state index is 11.9. The minimum atomic E-state index is 0.0149. The highest BCUT2D eigenvalue weighted by atomic mass is 16.1. The lowest BCUT2D eigenvalue weighted by Gasteiger charge is -2.14. The molecule has 0 heterocycles. The van der Waals surface area contributed by atoms with E-state index in [9.17, 15) is 4.79 Å². The highest BCUT2D eigenvalue weighted by Crippen LogP contribution is 2.12. The van der Waals surface area contributed by atoms with Crippen molar-refractivity contribution in [3.8, 4) is 0 Å². The van der Waals surface area contributed by atoms with Crippen LogP contribution >= 0.6 is 0 Å². The maximum atomic E-state index is 11.9. The van der Waals surface area contributed by atoms with Gasteiger partial charge in [0.05, 0.1) is 12.5 Å². The molecule has 0 radical (unpaired) electrons. The molecule has 2 rings (SSSR count). The summed E-state index contributed by atoms with van der Waals surface area (Å²) in [6.07, 6.45) is 0.372. The van der Waals surface area contributed by atoms with Crippen molar-refractivity contribution in [3.63, 3.8) is 0 Å². The Bertz CT molecular complexity index is 534. The van der Waals surface area contributed by atoms with Crippen LogP contribution in [0.25, 0.3) is 0 Å². The summed E-state index contributed by atoms with van der Waals surface area (Å²) in [7, 11) is 0. The summed E-state index contributed by atoms with van der Waals surface area (Å²) in [6, 6.07) is 17.3. The first kappa shape index (κ1) is 13.1. The molecule has 0 saturated carbocycles. The number of hydrogen-bond donors (Lipinski definition) is 2. The molecule has 0 aliphatic rings. The predicted octanol–water partition coefficient (Wildman–Crippen LogP) is 2.69. The Balaban J connectivity index is 1.93. The number of hydrogen-bond acceptors (Lipinski definition) is 2. The van der Waals surface area contributed by atoms with Crippen LogP contribution in [0.15, 0.2) is 54.6 Å². The van der Waals surface area contributed by atoms with E-state index in [1.54, 1.807) is 0 Å². The van der Waals surface area contributed by atoms with Gasteiger partial charge in [-0.05, 0) is 30.2 Å². The lowest BCUT2D eigenvalue weighted by Crippen LogP contribution is -2.28. The summed E-state index contributed by atoms with van der Waals surface area (Å²) in [5.74, 6) is 0.0149. The van der Waals surface area contributed by atoms with Crippen LogP contribution in [0.3, 0.4) is 0 Å². The van der Waals surface area contributed by atoms with Crippen molar-refractivity contribution in [1.82, 2.24) is 5.32 Å². The first-order valence-corrected chi connectivity index (χ1v) is 6.34. The second kappa shape index (κ2) is 6.05. The smallest absolute Gasteiger partial charge is 0.224 e. The van der Waals surface area contributed by atoms with E-state index in [0.29, 0.717) is 12.1 Å². The number of anilines is 1. The van der Waals surface area contributed by atoms with Crippen LogP contribution in [0.2, 0.25) is 0 Å². The van der Waals surface area contributed by atoms with Gasteiger partial charge in [-0.1, -0.05) is 42.5 Å². The van der Waals surface area contributed by atoms with Gasteiger partial charge in [0.15, 0.2) is 0 Å². The third-order valence-electron chi connectivity index (χ3n) is 3.02. The van der Waals surface area contributed by atoms with Crippen molar-refractivity contribution in [2.24, 2.45) is 0 Å². The van der Waals surface area contributed by atoms with Crippen molar-refractivity contribution in [3.05, 3.63) is 65.7 Å². The predicted molar refractivity (Wildman–Crippen MR) is 77.6 cm³/mol. The lowest BCUT2D eigenvalue weighted by molar-refractivity contribution is -0.121. The fourth-order valence-electron chi connectivity index (χ4n) is 1.94. The Morgan fingerprint density at radius 2 is 1.74 bits per heavy atom. The van der Waals surface area contributed by atoms with Crippen molar-refractivity contribution in [2.45, 2.75) is 19.4 Å². The van der Waals surface area contributed by atoms with E-state index in [1.165, 1.54) is 0 Å². The minimum Gasteiger partial charge on any atom is -0.399 e. The molecule has 0 aromatic heterocycles. The Hall–Kier alpha value is -2.29. The average molecular weight is 254 g/mol. The van der Waals surface area contributed by atoms with Crippen LogP contribution in [0.4, 0.5) is 5.69 Å². The van der Waals surface area contributed by atoms with E-state index in [0.717, 1.165) is 11.1 Å². The number of benzene rings is 2. The molecule has 3 N–H and O–H groups in total. The first-order chi connectivity index (χ1) is 9.15. The van der Waals surface area contributed by atoms with Crippen LogP contribution in [-0.4, -0.2) is 5.91 Å². The SMILES string of the molecule is C[C@H](NC(=O)Cc1ccc(N)cc1)c1ccccc1. The molecule has 2 aromatic rings. The molecule has 0 aliphatic carbocycles. The van der Waals surface area contributed by atoms with Crippen LogP contribution in [0.5, 0.6) is 0 Å². The second-order valence-corrected chi connectivity index (χ2v) is 4.62. The van der Waals surface area contributed by atoms with Crippen LogP contribution in [0, 0.1) is 0 Å². The molecule has 2 aromatic carbocycles.